The Bertz CT molecular complexity index is 1590. The lowest BCUT2D eigenvalue weighted by Crippen LogP contribution is -2.55. The Balaban J connectivity index is 1.22. The predicted octanol–water partition coefficient (Wildman–Crippen LogP) is 8.52. The van der Waals surface area contributed by atoms with Crippen LogP contribution in [0.4, 0.5) is 4.39 Å². The van der Waals surface area contributed by atoms with Crippen LogP contribution in [0.2, 0.25) is 5.02 Å². The molecule has 1 amide bonds. The molecule has 4 aliphatic rings. The van der Waals surface area contributed by atoms with Crippen molar-refractivity contribution in [3.8, 4) is 5.75 Å². The normalized spacial score (nSPS) is 29.8. The van der Waals surface area contributed by atoms with Crippen LogP contribution in [0, 0.1) is 28.5 Å². The van der Waals surface area contributed by atoms with Gasteiger partial charge in [-0.15, -0.1) is 10.7 Å². The minimum atomic E-state index is -0.398. The van der Waals surface area contributed by atoms with Crippen molar-refractivity contribution in [2.45, 2.75) is 117 Å². The Labute approximate surface area is 308 Å². The van der Waals surface area contributed by atoms with E-state index in [2.05, 4.69) is 97.8 Å². The number of carbonyl (C=O) groups excluding carboxylic acids is 1. The van der Waals surface area contributed by atoms with Gasteiger partial charge in [-0.3, -0.25) is 9.69 Å². The summed E-state index contributed by atoms with van der Waals surface area (Å²) in [5.74, 6) is 2.75. The maximum atomic E-state index is 15.7. The fourth-order valence-corrected chi connectivity index (χ4v) is 12.2. The average molecular weight is 727 g/mol. The number of ether oxygens (including phenoxy) is 1. The van der Waals surface area contributed by atoms with Crippen molar-refractivity contribution in [1.29, 1.82) is 0 Å². The van der Waals surface area contributed by atoms with Gasteiger partial charge in [0.15, 0.2) is 11.6 Å². The van der Waals surface area contributed by atoms with Gasteiger partial charge in [-0.1, -0.05) is 56.6 Å². The first kappa shape index (κ1) is 37.8. The number of fused-ring (bicyclic) bond motifs is 1. The second kappa shape index (κ2) is 14.8. The molecule has 1 spiro atoms. The Morgan fingerprint density at radius 2 is 1.94 bits per heavy atom. The highest BCUT2D eigenvalue weighted by Gasteiger charge is 2.65. The van der Waals surface area contributed by atoms with E-state index in [0.29, 0.717) is 29.1 Å². The molecule has 0 radical (unpaired) electrons. The van der Waals surface area contributed by atoms with Crippen LogP contribution >= 0.6 is 22.3 Å². The second-order valence-corrected chi connectivity index (χ2v) is 20.2. The molecule has 1 heterocycles. The zero-order valence-corrected chi connectivity index (χ0v) is 33.2. The van der Waals surface area contributed by atoms with Crippen molar-refractivity contribution in [1.82, 2.24) is 19.4 Å². The lowest BCUT2D eigenvalue weighted by Gasteiger charge is -2.42. The third-order valence-corrected chi connectivity index (χ3v) is 14.3. The molecule has 3 aliphatic carbocycles. The second-order valence-electron chi connectivity index (χ2n) is 17.7. The molecule has 276 valence electrons. The van der Waals surface area contributed by atoms with E-state index in [9.17, 15) is 4.79 Å². The number of rotatable bonds is 13. The molecule has 7 atom stereocenters. The molecule has 1 N–H and O–H groups in total. The Hall–Kier alpha value is -1.97. The molecule has 50 heavy (non-hydrogen) atoms. The molecule has 6 unspecified atom stereocenters. The highest BCUT2D eigenvalue weighted by atomic mass is 35.5. The first-order chi connectivity index (χ1) is 23.6. The number of nitrogens with one attached hydrogen (secondary N) is 1. The fourth-order valence-electron chi connectivity index (χ4n) is 9.92. The molecule has 4 fully saturated rings. The summed E-state index contributed by atoms with van der Waals surface area (Å²) in [6, 6.07) is 12.2. The molecular weight excluding hydrogens is 667 g/mol. The Morgan fingerprint density at radius 3 is 2.62 bits per heavy atom. The van der Waals surface area contributed by atoms with E-state index >= 15 is 4.39 Å². The maximum Gasteiger partial charge on any atom is 0.238 e. The molecule has 2 bridgehead atoms. The average Bonchev–Trinajstić information content (AvgIpc) is 3.34. The van der Waals surface area contributed by atoms with Gasteiger partial charge in [-0.05, 0) is 124 Å². The third kappa shape index (κ3) is 8.46. The van der Waals surface area contributed by atoms with Crippen LogP contribution in [-0.4, -0.2) is 76.5 Å². The highest BCUT2D eigenvalue weighted by Crippen LogP contribution is 2.72. The summed E-state index contributed by atoms with van der Waals surface area (Å²) < 4.78 is 23.5. The van der Waals surface area contributed by atoms with Gasteiger partial charge in [0.2, 0.25) is 5.91 Å². The minimum Gasteiger partial charge on any atom is -0.494 e. The lowest BCUT2D eigenvalue weighted by molar-refractivity contribution is -0.127. The molecular formula is C41H60ClFN4O2S. The summed E-state index contributed by atoms with van der Waals surface area (Å²) in [4.78, 5) is 18.7. The van der Waals surface area contributed by atoms with Gasteiger partial charge in [0.1, 0.15) is 0 Å². The van der Waals surface area contributed by atoms with E-state index < -0.39 is 5.82 Å². The molecule has 2 aromatic rings. The van der Waals surface area contributed by atoms with Crippen LogP contribution in [0.15, 0.2) is 36.4 Å². The predicted molar refractivity (Wildman–Crippen MR) is 207 cm³/mol. The molecule has 1 aliphatic heterocycles. The quantitative estimate of drug-likeness (QED) is 0.210. The molecule has 3 saturated carbocycles. The summed E-state index contributed by atoms with van der Waals surface area (Å²) in [5.41, 5.74) is 3.35. The van der Waals surface area contributed by atoms with E-state index in [-0.39, 0.29) is 45.4 Å². The Morgan fingerprint density at radius 1 is 1.18 bits per heavy atom. The molecule has 6 rings (SSSR count). The molecule has 2 aromatic carbocycles. The summed E-state index contributed by atoms with van der Waals surface area (Å²) in [7, 11) is 5.63. The summed E-state index contributed by atoms with van der Waals surface area (Å²) in [6.45, 7) is 13.8. The van der Waals surface area contributed by atoms with E-state index in [1.165, 1.54) is 37.5 Å². The topological polar surface area (TPSA) is 48.1 Å². The molecule has 0 aromatic heterocycles. The summed E-state index contributed by atoms with van der Waals surface area (Å²) in [6.07, 6.45) is 8.24. The van der Waals surface area contributed by atoms with E-state index in [1.807, 2.05) is 0 Å². The van der Waals surface area contributed by atoms with Gasteiger partial charge in [0, 0.05) is 54.1 Å². The smallest absolute Gasteiger partial charge is 0.238 e. The Kier molecular flexibility index (Phi) is 11.2. The number of nitrogens with zero attached hydrogens (tertiary/aromatic N) is 3. The SMILES string of the molecule is C/C=S1/CCC(C(=O)NC2(C)CC3CC4CC4(C3)C2)N1Cc1cccc(CN(Cc2c(Cl)ccc(OC)c2F)[C@H](CN(C)C)CC(C)(C)C)c1. The number of halogens is 2. The number of likely N-dealkylation sites (N-methyl/N-ethyl adjacent to an activating group) is 1. The molecule has 9 heteroatoms. The summed E-state index contributed by atoms with van der Waals surface area (Å²) >= 11 is 6.66. The van der Waals surface area contributed by atoms with Crippen LogP contribution in [0.5, 0.6) is 5.75 Å². The van der Waals surface area contributed by atoms with Crippen molar-refractivity contribution in [2.75, 3.05) is 33.5 Å². The highest BCUT2D eigenvalue weighted by molar-refractivity contribution is 8.13. The first-order valence-electron chi connectivity index (χ1n) is 18.7. The number of amides is 1. The number of carbonyl (C=O) groups is 1. The largest absolute Gasteiger partial charge is 0.494 e. The fraction of sp³-hybridized carbons (Fsp3) is 0.659. The van der Waals surface area contributed by atoms with Crippen molar-refractivity contribution in [3.63, 3.8) is 0 Å². The standard InChI is InChI=1S/C41H60ClFN4O2S/c1-9-50-16-15-35(38(48)44-40(5)19-30-18-31-21-41(31,20-30)27-40)47(50)24-29-12-10-11-28(17-29)23-46(32(25-45(6)7)22-39(2,3)4)26-33-34(42)13-14-36(49-8)37(33)43/h9-14,17,30-32,35H,15-16,18-27H2,1-8H3,(H,44,48)/t30?,31?,32-,35?,40?,41?,50?/m0/s1. The number of methoxy groups -OCH3 is 1. The van der Waals surface area contributed by atoms with Crippen molar-refractivity contribution < 1.29 is 13.9 Å². The van der Waals surface area contributed by atoms with Gasteiger partial charge in [-0.25, -0.2) is 8.70 Å². The number of hydrogen-bond acceptors (Lipinski definition) is 5. The van der Waals surface area contributed by atoms with E-state index in [0.717, 1.165) is 56.4 Å². The van der Waals surface area contributed by atoms with Gasteiger partial charge >= 0.3 is 0 Å². The van der Waals surface area contributed by atoms with Gasteiger partial charge < -0.3 is 15.0 Å². The zero-order chi connectivity index (χ0) is 36.0. The zero-order valence-electron chi connectivity index (χ0n) is 31.7. The minimum absolute atomic E-state index is 0.0595. The van der Waals surface area contributed by atoms with Crippen molar-refractivity contribution >= 4 is 33.5 Å². The van der Waals surface area contributed by atoms with Crippen LogP contribution in [0.3, 0.4) is 0 Å². The van der Waals surface area contributed by atoms with Crippen LogP contribution in [0.1, 0.15) is 96.3 Å². The van der Waals surface area contributed by atoms with Crippen LogP contribution < -0.4 is 10.1 Å². The van der Waals surface area contributed by atoms with Gasteiger partial charge in [0.25, 0.3) is 0 Å². The van der Waals surface area contributed by atoms with Gasteiger partial charge in [0.05, 0.1) is 13.2 Å². The molecule has 6 nitrogen and oxygen atoms in total. The third-order valence-electron chi connectivity index (χ3n) is 11.8. The van der Waals surface area contributed by atoms with Crippen molar-refractivity contribution in [2.24, 2.45) is 22.7 Å². The first-order valence-corrected chi connectivity index (χ1v) is 20.5. The number of hydrogen-bond donors (Lipinski definition) is 1. The monoisotopic (exact) mass is 726 g/mol. The number of benzene rings is 2. The van der Waals surface area contributed by atoms with Gasteiger partial charge in [-0.2, -0.15) is 0 Å². The molecule has 1 saturated heterocycles. The van der Waals surface area contributed by atoms with Crippen molar-refractivity contribution in [3.05, 3.63) is 63.9 Å². The lowest BCUT2D eigenvalue weighted by atomic mass is 9.72. The van der Waals surface area contributed by atoms with E-state index in [1.54, 1.807) is 12.1 Å². The maximum absolute atomic E-state index is 15.7. The van der Waals surface area contributed by atoms with Crippen LogP contribution in [0.25, 0.3) is 0 Å². The van der Waals surface area contributed by atoms with Crippen LogP contribution in [-0.2, 0) is 24.4 Å². The summed E-state index contributed by atoms with van der Waals surface area (Å²) in [5, 5.41) is 6.33. The van der Waals surface area contributed by atoms with E-state index in [4.69, 9.17) is 16.3 Å².